The number of nitrogen functional groups attached to an aromatic ring is 1. The van der Waals surface area contributed by atoms with E-state index in [4.69, 9.17) is 5.84 Å². The highest BCUT2D eigenvalue weighted by Gasteiger charge is 2.07. The highest BCUT2D eigenvalue weighted by molar-refractivity contribution is 9.10. The van der Waals surface area contributed by atoms with E-state index in [0.717, 1.165) is 0 Å². The zero-order valence-corrected chi connectivity index (χ0v) is 11.2. The van der Waals surface area contributed by atoms with Crippen LogP contribution in [0.3, 0.4) is 0 Å². The van der Waals surface area contributed by atoms with Gasteiger partial charge in [-0.1, -0.05) is 0 Å². The number of hydrazine groups is 1. The van der Waals surface area contributed by atoms with Crippen LogP contribution in [0.5, 0.6) is 0 Å². The third-order valence-electron chi connectivity index (χ3n) is 1.74. The summed E-state index contributed by atoms with van der Waals surface area (Å²) >= 11 is 3.27. The summed E-state index contributed by atoms with van der Waals surface area (Å²) in [5, 5.41) is 5.65. The molecule has 0 saturated heterocycles. The van der Waals surface area contributed by atoms with Gasteiger partial charge < -0.3 is 10.6 Å². The van der Waals surface area contributed by atoms with Crippen LogP contribution in [0.25, 0.3) is 0 Å². The fourth-order valence-corrected chi connectivity index (χ4v) is 1.43. The van der Waals surface area contributed by atoms with Crippen molar-refractivity contribution in [1.82, 2.24) is 15.3 Å². The second-order valence-electron chi connectivity index (χ2n) is 3.61. The molecule has 1 aromatic rings. The molecule has 0 saturated carbocycles. The lowest BCUT2D eigenvalue weighted by Crippen LogP contribution is -2.35. The molecule has 7 nitrogen and oxygen atoms in total. The maximum Gasteiger partial charge on any atom is 0.239 e. The van der Waals surface area contributed by atoms with Gasteiger partial charge in [0, 0.05) is 12.2 Å². The van der Waals surface area contributed by atoms with Crippen molar-refractivity contribution in [2.45, 2.75) is 19.9 Å². The van der Waals surface area contributed by atoms with Crippen molar-refractivity contribution < 1.29 is 4.79 Å². The van der Waals surface area contributed by atoms with Crippen molar-refractivity contribution in [3.8, 4) is 0 Å². The van der Waals surface area contributed by atoms with E-state index >= 15 is 0 Å². The van der Waals surface area contributed by atoms with Crippen LogP contribution in [0.1, 0.15) is 13.8 Å². The molecule has 8 heteroatoms. The Morgan fingerprint density at radius 2 is 2.29 bits per heavy atom. The first kappa shape index (κ1) is 13.7. The number of halogens is 1. The number of hydrogen-bond donors (Lipinski definition) is 4. The summed E-state index contributed by atoms with van der Waals surface area (Å²) in [7, 11) is 0. The number of hydrogen-bond acceptors (Lipinski definition) is 6. The van der Waals surface area contributed by atoms with Crippen LogP contribution in [-0.2, 0) is 4.79 Å². The van der Waals surface area contributed by atoms with E-state index in [-0.39, 0.29) is 24.4 Å². The van der Waals surface area contributed by atoms with E-state index in [1.54, 1.807) is 6.20 Å². The summed E-state index contributed by atoms with van der Waals surface area (Å²) in [5.41, 5.74) is 2.33. The molecule has 94 valence electrons. The highest BCUT2D eigenvalue weighted by Crippen LogP contribution is 2.19. The zero-order chi connectivity index (χ0) is 12.8. The number of nitrogens with two attached hydrogens (primary N) is 1. The molecule has 5 N–H and O–H groups in total. The van der Waals surface area contributed by atoms with E-state index < -0.39 is 0 Å². The van der Waals surface area contributed by atoms with E-state index in [1.165, 1.54) is 0 Å². The topological polar surface area (TPSA) is 105 Å². The Bertz CT molecular complexity index is 397. The maximum atomic E-state index is 11.4. The summed E-state index contributed by atoms with van der Waals surface area (Å²) in [6.45, 7) is 3.93. The van der Waals surface area contributed by atoms with Crippen molar-refractivity contribution in [2.75, 3.05) is 17.3 Å². The molecule has 17 heavy (non-hydrogen) atoms. The fourth-order valence-electron chi connectivity index (χ4n) is 1.10. The molecule has 1 aromatic heterocycles. The van der Waals surface area contributed by atoms with E-state index in [2.05, 4.69) is 42.0 Å². The molecular formula is C9H15BrN6O. The second-order valence-corrected chi connectivity index (χ2v) is 4.46. The highest BCUT2D eigenvalue weighted by atomic mass is 79.9. The third-order valence-corrected chi connectivity index (χ3v) is 2.32. The monoisotopic (exact) mass is 302 g/mol. The normalized spacial score (nSPS) is 10.2. The molecule has 0 radical (unpaired) electrons. The van der Waals surface area contributed by atoms with Crippen molar-refractivity contribution in [2.24, 2.45) is 5.84 Å². The Labute approximate surface area is 108 Å². The predicted octanol–water partition coefficient (Wildman–Crippen LogP) is 0.461. The predicted molar refractivity (Wildman–Crippen MR) is 69.3 cm³/mol. The maximum absolute atomic E-state index is 11.4. The quantitative estimate of drug-likeness (QED) is 0.465. The lowest BCUT2D eigenvalue weighted by atomic mass is 10.4. The lowest BCUT2D eigenvalue weighted by Gasteiger charge is -2.10. The van der Waals surface area contributed by atoms with Crippen LogP contribution in [-0.4, -0.2) is 28.5 Å². The number of carbonyl (C=O) groups excluding carboxylic acids is 1. The molecular weight excluding hydrogens is 288 g/mol. The van der Waals surface area contributed by atoms with Gasteiger partial charge in [0.05, 0.1) is 11.0 Å². The first-order valence-electron chi connectivity index (χ1n) is 5.05. The number of nitrogens with zero attached hydrogens (tertiary/aromatic N) is 2. The van der Waals surface area contributed by atoms with Crippen LogP contribution in [0.2, 0.25) is 0 Å². The third kappa shape index (κ3) is 4.53. The van der Waals surface area contributed by atoms with E-state index in [9.17, 15) is 4.79 Å². The summed E-state index contributed by atoms with van der Waals surface area (Å²) in [5.74, 6) is 5.87. The van der Waals surface area contributed by atoms with Crippen molar-refractivity contribution in [3.63, 3.8) is 0 Å². The number of anilines is 2. The minimum absolute atomic E-state index is 0.104. The lowest BCUT2D eigenvalue weighted by molar-refractivity contribution is -0.119. The first-order valence-corrected chi connectivity index (χ1v) is 5.84. The van der Waals surface area contributed by atoms with Crippen molar-refractivity contribution in [3.05, 3.63) is 10.7 Å². The molecule has 1 rings (SSSR count). The number of aromatic nitrogens is 2. The summed E-state index contributed by atoms with van der Waals surface area (Å²) < 4.78 is 0.661. The largest absolute Gasteiger partial charge is 0.360 e. The number of nitrogens with one attached hydrogen (secondary N) is 3. The average molecular weight is 303 g/mol. The van der Waals surface area contributed by atoms with Gasteiger partial charge in [-0.15, -0.1) is 0 Å². The molecule has 0 aliphatic heterocycles. The van der Waals surface area contributed by atoms with Crippen molar-refractivity contribution >= 4 is 33.6 Å². The van der Waals surface area contributed by atoms with Gasteiger partial charge in [0.25, 0.3) is 0 Å². The van der Waals surface area contributed by atoms with E-state index in [0.29, 0.717) is 10.3 Å². The summed E-state index contributed by atoms with van der Waals surface area (Å²) in [4.78, 5) is 19.4. The first-order chi connectivity index (χ1) is 8.02. The number of amides is 1. The molecule has 0 aromatic carbocycles. The van der Waals surface area contributed by atoms with Gasteiger partial charge in [-0.3, -0.25) is 10.2 Å². The van der Waals surface area contributed by atoms with Gasteiger partial charge in [-0.25, -0.2) is 10.8 Å². The minimum atomic E-state index is -0.104. The Morgan fingerprint density at radius 3 is 2.88 bits per heavy atom. The molecule has 0 bridgehead atoms. The molecule has 1 amide bonds. The van der Waals surface area contributed by atoms with Gasteiger partial charge >= 0.3 is 0 Å². The molecule has 0 spiro atoms. The summed E-state index contributed by atoms with van der Waals surface area (Å²) in [6.07, 6.45) is 1.55. The smallest absolute Gasteiger partial charge is 0.239 e. The molecule has 0 unspecified atom stereocenters. The van der Waals surface area contributed by atoms with Crippen LogP contribution < -0.4 is 21.9 Å². The SMILES string of the molecule is CC(C)NC(=O)CNc1nc(NN)ncc1Br. The average Bonchev–Trinajstić information content (AvgIpc) is 2.27. The summed E-state index contributed by atoms with van der Waals surface area (Å²) in [6, 6.07) is 0.111. The van der Waals surface area contributed by atoms with Crippen LogP contribution >= 0.6 is 15.9 Å². The van der Waals surface area contributed by atoms with Gasteiger partial charge in [0.15, 0.2) is 0 Å². The molecule has 0 aliphatic carbocycles. The van der Waals surface area contributed by atoms with E-state index in [1.807, 2.05) is 13.8 Å². The Kier molecular flexibility index (Phi) is 5.11. The van der Waals surface area contributed by atoms with Gasteiger partial charge in [-0.2, -0.15) is 4.98 Å². The number of rotatable bonds is 5. The van der Waals surface area contributed by atoms with Gasteiger partial charge in [0.1, 0.15) is 5.82 Å². The molecule has 0 fully saturated rings. The molecule has 0 atom stereocenters. The molecule has 1 heterocycles. The Hall–Kier alpha value is -1.41. The van der Waals surface area contributed by atoms with Crippen LogP contribution in [0.4, 0.5) is 11.8 Å². The number of carbonyl (C=O) groups is 1. The van der Waals surface area contributed by atoms with Gasteiger partial charge in [-0.05, 0) is 29.8 Å². The zero-order valence-electron chi connectivity index (χ0n) is 9.62. The second kappa shape index (κ2) is 6.36. The molecule has 0 aliphatic rings. The van der Waals surface area contributed by atoms with Crippen molar-refractivity contribution in [1.29, 1.82) is 0 Å². The Morgan fingerprint density at radius 1 is 1.59 bits per heavy atom. The van der Waals surface area contributed by atoms with Crippen LogP contribution in [0, 0.1) is 0 Å². The standard InChI is InChI=1S/C9H15BrN6O/c1-5(2)14-7(17)4-12-8-6(10)3-13-9(15-8)16-11/h3,5H,4,11H2,1-2H3,(H,14,17)(H2,12,13,15,16). The Balaban J connectivity index is 2.59. The fraction of sp³-hybridized carbons (Fsp3) is 0.444. The van der Waals surface area contributed by atoms with Gasteiger partial charge in [0.2, 0.25) is 11.9 Å². The van der Waals surface area contributed by atoms with Crippen LogP contribution in [0.15, 0.2) is 10.7 Å². The minimum Gasteiger partial charge on any atom is -0.360 e.